The van der Waals surface area contributed by atoms with Crippen LogP contribution in [0.2, 0.25) is 0 Å². The Morgan fingerprint density at radius 1 is 0.780 bits per heavy atom. The molecule has 214 valence electrons. The van der Waals surface area contributed by atoms with Crippen LogP contribution in [0.4, 0.5) is 13.2 Å². The summed E-state index contributed by atoms with van der Waals surface area (Å²) >= 11 is 0. The fourth-order valence-corrected chi connectivity index (χ4v) is 4.76. The van der Waals surface area contributed by atoms with Gasteiger partial charge in [-0.2, -0.15) is 0 Å². The molecule has 0 saturated carbocycles. The number of aliphatic carboxylic acids is 1. The Labute approximate surface area is 237 Å². The monoisotopic (exact) mass is 563 g/mol. The zero-order valence-electron chi connectivity index (χ0n) is 22.5. The van der Waals surface area contributed by atoms with E-state index in [2.05, 4.69) is 33.9 Å². The number of carbonyl (C=O) groups is 1. The maximum Gasteiger partial charge on any atom is 0.573 e. The van der Waals surface area contributed by atoms with Crippen molar-refractivity contribution >= 4 is 5.97 Å². The summed E-state index contributed by atoms with van der Waals surface area (Å²) in [5, 5.41) is 9.05. The third-order valence-corrected chi connectivity index (χ3v) is 6.52. The van der Waals surface area contributed by atoms with Gasteiger partial charge in [-0.05, 0) is 52.9 Å². The molecule has 0 saturated heterocycles. The number of halogens is 3. The number of rotatable bonds is 14. The molecule has 0 amide bonds. The molecule has 1 N–H and O–H groups in total. The number of alkyl halides is 3. The second-order valence-electron chi connectivity index (χ2n) is 9.72. The van der Waals surface area contributed by atoms with Crippen molar-refractivity contribution in [2.45, 2.75) is 31.7 Å². The Hall–Kier alpha value is -4.30. The highest BCUT2D eigenvalue weighted by atomic mass is 19.4. The molecule has 0 aromatic heterocycles. The minimum atomic E-state index is -4.76. The van der Waals surface area contributed by atoms with Crippen LogP contribution in [0.3, 0.4) is 0 Å². The molecule has 8 heteroatoms. The van der Waals surface area contributed by atoms with E-state index in [1.165, 1.54) is 12.1 Å². The van der Waals surface area contributed by atoms with Crippen LogP contribution in [0.25, 0.3) is 0 Å². The Kier molecular flexibility index (Phi) is 10.4. The van der Waals surface area contributed by atoms with E-state index in [9.17, 15) is 18.0 Å². The van der Waals surface area contributed by atoms with Gasteiger partial charge < -0.3 is 14.6 Å². The number of hydrogen-bond donors (Lipinski definition) is 1. The molecular weight excluding hydrogens is 531 g/mol. The molecule has 5 nitrogen and oxygen atoms in total. The van der Waals surface area contributed by atoms with Crippen molar-refractivity contribution in [1.82, 2.24) is 4.90 Å². The fraction of sp³-hybridized carbons (Fsp3) is 0.242. The van der Waals surface area contributed by atoms with E-state index in [0.29, 0.717) is 49.5 Å². The third-order valence-electron chi connectivity index (χ3n) is 6.52. The van der Waals surface area contributed by atoms with E-state index < -0.39 is 12.3 Å². The van der Waals surface area contributed by atoms with Gasteiger partial charge in [0.25, 0.3) is 0 Å². The number of carboxylic acids is 1. The van der Waals surface area contributed by atoms with Gasteiger partial charge in [-0.1, -0.05) is 84.9 Å². The normalized spacial score (nSPS) is 11.5. The van der Waals surface area contributed by atoms with Crippen molar-refractivity contribution in [1.29, 1.82) is 0 Å². The number of benzene rings is 4. The number of hydrogen-bond acceptors (Lipinski definition) is 4. The molecule has 0 spiro atoms. The summed E-state index contributed by atoms with van der Waals surface area (Å²) in [6.45, 7) is 2.06. The summed E-state index contributed by atoms with van der Waals surface area (Å²) in [6.07, 6.45) is -4.19. The quantitative estimate of drug-likeness (QED) is 0.163. The van der Waals surface area contributed by atoms with Gasteiger partial charge in [-0.15, -0.1) is 13.2 Å². The Bertz CT molecular complexity index is 1340. The molecule has 0 atom stereocenters. The molecule has 4 aromatic carbocycles. The summed E-state index contributed by atoms with van der Waals surface area (Å²) in [4.78, 5) is 13.2. The molecule has 0 fully saturated rings. The summed E-state index contributed by atoms with van der Waals surface area (Å²) < 4.78 is 48.6. The van der Waals surface area contributed by atoms with E-state index in [4.69, 9.17) is 9.84 Å². The lowest BCUT2D eigenvalue weighted by molar-refractivity contribution is -0.274. The van der Waals surface area contributed by atoms with Crippen molar-refractivity contribution in [2.24, 2.45) is 0 Å². The van der Waals surface area contributed by atoms with Gasteiger partial charge >= 0.3 is 12.3 Å². The summed E-state index contributed by atoms with van der Waals surface area (Å²) in [5.41, 5.74) is 3.65. The zero-order chi connectivity index (χ0) is 29.1. The van der Waals surface area contributed by atoms with Gasteiger partial charge in [-0.25, -0.2) is 0 Å². The molecule has 0 unspecified atom stereocenters. The van der Waals surface area contributed by atoms with Gasteiger partial charge in [0.05, 0.1) is 13.0 Å². The molecule has 0 aliphatic carbocycles. The predicted octanol–water partition coefficient (Wildman–Crippen LogP) is 7.32. The van der Waals surface area contributed by atoms with E-state index in [1.54, 1.807) is 36.4 Å². The fourth-order valence-electron chi connectivity index (χ4n) is 4.76. The largest absolute Gasteiger partial charge is 0.573 e. The standard InChI is InChI=1S/C33H32F3NO4/c34-33(35,36)41-30-17-8-11-26(21-30)23-37(18-9-19-40-29-16-7-10-25(20-29)22-32(38)39)24-31(27-12-3-1-4-13-27)28-14-5-2-6-15-28/h1-8,10-17,20-21,31H,9,18-19,22-24H2,(H,38,39). The molecule has 4 rings (SSSR count). The summed E-state index contributed by atoms with van der Waals surface area (Å²) in [6, 6.07) is 33.4. The molecule has 0 radical (unpaired) electrons. The molecule has 41 heavy (non-hydrogen) atoms. The number of carboxylic acid groups (broad SMARTS) is 1. The maximum atomic E-state index is 12.8. The molecule has 0 heterocycles. The first-order chi connectivity index (χ1) is 19.7. The average Bonchev–Trinajstić information content (AvgIpc) is 2.94. The van der Waals surface area contributed by atoms with Gasteiger partial charge in [0.2, 0.25) is 0 Å². The van der Waals surface area contributed by atoms with Crippen LogP contribution in [0.15, 0.2) is 109 Å². The van der Waals surface area contributed by atoms with E-state index in [0.717, 1.165) is 11.1 Å². The van der Waals surface area contributed by atoms with Crippen LogP contribution < -0.4 is 9.47 Å². The van der Waals surface area contributed by atoms with E-state index in [1.807, 2.05) is 36.4 Å². The van der Waals surface area contributed by atoms with Crippen LogP contribution in [-0.4, -0.2) is 42.0 Å². The molecular formula is C33H32F3NO4. The number of nitrogens with zero attached hydrogens (tertiary/aromatic N) is 1. The highest BCUT2D eigenvalue weighted by Crippen LogP contribution is 2.28. The van der Waals surface area contributed by atoms with E-state index >= 15 is 0 Å². The molecule has 4 aromatic rings. The first kappa shape index (κ1) is 29.7. The van der Waals surface area contributed by atoms with Crippen molar-refractivity contribution in [2.75, 3.05) is 19.7 Å². The van der Waals surface area contributed by atoms with Crippen LogP contribution in [0, 0.1) is 0 Å². The topological polar surface area (TPSA) is 59.0 Å². The van der Waals surface area contributed by atoms with Gasteiger partial charge in [0.15, 0.2) is 0 Å². The minimum absolute atomic E-state index is 0.0422. The molecule has 0 aliphatic rings. The van der Waals surface area contributed by atoms with Crippen molar-refractivity contribution in [3.8, 4) is 11.5 Å². The summed E-state index contributed by atoms with van der Waals surface area (Å²) in [7, 11) is 0. The predicted molar refractivity (Wildman–Crippen MR) is 151 cm³/mol. The van der Waals surface area contributed by atoms with Gasteiger partial charge in [0.1, 0.15) is 11.5 Å². The van der Waals surface area contributed by atoms with Gasteiger partial charge in [0, 0.05) is 25.6 Å². The number of ether oxygens (including phenoxy) is 2. The Morgan fingerprint density at radius 3 is 1.98 bits per heavy atom. The first-order valence-corrected chi connectivity index (χ1v) is 13.4. The van der Waals surface area contributed by atoms with Crippen molar-refractivity contribution < 1.29 is 32.5 Å². The lowest BCUT2D eigenvalue weighted by Gasteiger charge is -2.29. The lowest BCUT2D eigenvalue weighted by atomic mass is 9.90. The van der Waals surface area contributed by atoms with Crippen LogP contribution >= 0.6 is 0 Å². The third kappa shape index (κ3) is 9.99. The molecule has 0 aliphatic heterocycles. The van der Waals surface area contributed by atoms with E-state index in [-0.39, 0.29) is 18.1 Å². The van der Waals surface area contributed by atoms with Crippen LogP contribution in [0.1, 0.15) is 34.6 Å². The Balaban J connectivity index is 1.50. The SMILES string of the molecule is O=C(O)Cc1cccc(OCCCN(Cc2cccc(OC(F)(F)F)c2)CC(c2ccccc2)c2ccccc2)c1. The zero-order valence-corrected chi connectivity index (χ0v) is 22.5. The van der Waals surface area contributed by atoms with Crippen molar-refractivity contribution in [3.05, 3.63) is 131 Å². The highest BCUT2D eigenvalue weighted by Gasteiger charge is 2.31. The highest BCUT2D eigenvalue weighted by molar-refractivity contribution is 5.70. The molecule has 0 bridgehead atoms. The summed E-state index contributed by atoms with van der Waals surface area (Å²) in [5.74, 6) is -0.518. The second kappa shape index (κ2) is 14.4. The van der Waals surface area contributed by atoms with Gasteiger partial charge in [-0.3, -0.25) is 9.69 Å². The lowest BCUT2D eigenvalue weighted by Crippen LogP contribution is -2.31. The van der Waals surface area contributed by atoms with Crippen LogP contribution in [-0.2, 0) is 17.8 Å². The Morgan fingerprint density at radius 2 is 1.37 bits per heavy atom. The minimum Gasteiger partial charge on any atom is -0.494 e. The maximum absolute atomic E-state index is 12.8. The smallest absolute Gasteiger partial charge is 0.494 e. The second-order valence-corrected chi connectivity index (χ2v) is 9.72. The van der Waals surface area contributed by atoms with Crippen molar-refractivity contribution in [3.63, 3.8) is 0 Å². The average molecular weight is 564 g/mol. The first-order valence-electron chi connectivity index (χ1n) is 13.4. The van der Waals surface area contributed by atoms with Crippen LogP contribution in [0.5, 0.6) is 11.5 Å².